The maximum Gasteiger partial charge on any atom is 0.128 e. The summed E-state index contributed by atoms with van der Waals surface area (Å²) in [6.45, 7) is 9.77. The van der Waals surface area contributed by atoms with Gasteiger partial charge in [0.25, 0.3) is 0 Å². The fourth-order valence-corrected chi connectivity index (χ4v) is 2.07. The number of nitrogens with one attached hydrogen (secondary N) is 1. The maximum atomic E-state index is 4.56. The first kappa shape index (κ1) is 11.4. The highest BCUT2D eigenvalue weighted by atomic mass is 15.2. The molecule has 1 aliphatic rings. The van der Waals surface area contributed by atoms with Crippen LogP contribution in [0.5, 0.6) is 0 Å². The molecule has 2 rings (SSSR count). The molecular weight excluding hydrogens is 198 g/mol. The quantitative estimate of drug-likeness (QED) is 0.824. The van der Waals surface area contributed by atoms with E-state index < -0.39 is 0 Å². The van der Waals surface area contributed by atoms with E-state index in [1.165, 1.54) is 5.56 Å². The third-order valence-electron chi connectivity index (χ3n) is 3.13. The van der Waals surface area contributed by atoms with E-state index in [4.69, 9.17) is 0 Å². The minimum absolute atomic E-state index is 0.556. The van der Waals surface area contributed by atoms with Crippen molar-refractivity contribution < 1.29 is 0 Å². The zero-order valence-electron chi connectivity index (χ0n) is 10.4. The summed E-state index contributed by atoms with van der Waals surface area (Å²) in [4.78, 5) is 6.91. The monoisotopic (exact) mass is 219 g/mol. The molecule has 88 valence electrons. The van der Waals surface area contributed by atoms with Crippen molar-refractivity contribution in [3.8, 4) is 0 Å². The second-order valence-electron chi connectivity index (χ2n) is 4.91. The summed E-state index contributed by atoms with van der Waals surface area (Å²) in [5.41, 5.74) is 1.31. The zero-order chi connectivity index (χ0) is 11.5. The van der Waals surface area contributed by atoms with Crippen LogP contribution in [0, 0.1) is 0 Å². The lowest BCUT2D eigenvalue weighted by atomic mass is 10.1. The van der Waals surface area contributed by atoms with Gasteiger partial charge in [0.05, 0.1) is 0 Å². The molecule has 2 heterocycles. The summed E-state index contributed by atoms with van der Waals surface area (Å²) >= 11 is 0. The molecule has 3 heteroatoms. The Labute approximate surface area is 97.9 Å². The molecular formula is C13H21N3. The van der Waals surface area contributed by atoms with Gasteiger partial charge in [-0.2, -0.15) is 0 Å². The van der Waals surface area contributed by atoms with Crippen LogP contribution in [0.1, 0.15) is 32.3 Å². The molecule has 0 aromatic carbocycles. The van der Waals surface area contributed by atoms with Gasteiger partial charge in [0.1, 0.15) is 5.82 Å². The van der Waals surface area contributed by atoms with Crippen LogP contribution in [0.25, 0.3) is 0 Å². The first-order valence-electron chi connectivity index (χ1n) is 6.11. The first-order valence-corrected chi connectivity index (χ1v) is 6.11. The number of nitrogens with zero attached hydrogens (tertiary/aromatic N) is 2. The summed E-state index contributed by atoms with van der Waals surface area (Å²) < 4.78 is 0. The predicted octanol–water partition coefficient (Wildman–Crippen LogP) is 2.00. The first-order chi connectivity index (χ1) is 7.66. The topological polar surface area (TPSA) is 28.2 Å². The SMILES string of the molecule is CC(C)c1ccc(N2CCN[C@H](C)C2)nc1. The van der Waals surface area contributed by atoms with Crippen molar-refractivity contribution in [1.29, 1.82) is 0 Å². The zero-order valence-corrected chi connectivity index (χ0v) is 10.4. The fraction of sp³-hybridized carbons (Fsp3) is 0.615. The minimum atomic E-state index is 0.556. The van der Waals surface area contributed by atoms with E-state index in [1.54, 1.807) is 0 Å². The highest BCUT2D eigenvalue weighted by Gasteiger charge is 2.16. The molecule has 16 heavy (non-hydrogen) atoms. The largest absolute Gasteiger partial charge is 0.354 e. The normalized spacial score (nSPS) is 21.5. The second kappa shape index (κ2) is 4.83. The van der Waals surface area contributed by atoms with Gasteiger partial charge in [-0.3, -0.25) is 0 Å². The van der Waals surface area contributed by atoms with Crippen molar-refractivity contribution in [3.05, 3.63) is 23.9 Å². The second-order valence-corrected chi connectivity index (χ2v) is 4.91. The van der Waals surface area contributed by atoms with E-state index >= 15 is 0 Å². The smallest absolute Gasteiger partial charge is 0.128 e. The number of pyridine rings is 1. The number of piperazine rings is 1. The summed E-state index contributed by atoms with van der Waals surface area (Å²) in [7, 11) is 0. The highest BCUT2D eigenvalue weighted by Crippen LogP contribution is 2.17. The van der Waals surface area contributed by atoms with Crippen molar-refractivity contribution in [2.75, 3.05) is 24.5 Å². The molecule has 1 aromatic heterocycles. The Morgan fingerprint density at radius 3 is 2.81 bits per heavy atom. The van der Waals surface area contributed by atoms with Crippen LogP contribution in [0.3, 0.4) is 0 Å². The van der Waals surface area contributed by atoms with E-state index in [1.807, 2.05) is 6.20 Å². The fourth-order valence-electron chi connectivity index (χ4n) is 2.07. The van der Waals surface area contributed by atoms with Gasteiger partial charge in [-0.1, -0.05) is 19.9 Å². The Bertz CT molecular complexity index is 332. The minimum Gasteiger partial charge on any atom is -0.354 e. The molecule has 1 aromatic rings. The van der Waals surface area contributed by atoms with Crippen LogP contribution in [-0.4, -0.2) is 30.7 Å². The number of hydrogen-bond donors (Lipinski definition) is 1. The van der Waals surface area contributed by atoms with Gasteiger partial charge in [0, 0.05) is 31.9 Å². The number of aromatic nitrogens is 1. The predicted molar refractivity (Wildman–Crippen MR) is 68.0 cm³/mol. The lowest BCUT2D eigenvalue weighted by Crippen LogP contribution is -2.49. The molecule has 0 unspecified atom stereocenters. The van der Waals surface area contributed by atoms with Crippen LogP contribution in [-0.2, 0) is 0 Å². The van der Waals surface area contributed by atoms with Gasteiger partial charge in [-0.15, -0.1) is 0 Å². The molecule has 0 bridgehead atoms. The molecule has 1 atom stereocenters. The van der Waals surface area contributed by atoms with Crippen LogP contribution in [0.2, 0.25) is 0 Å². The van der Waals surface area contributed by atoms with Gasteiger partial charge in [-0.25, -0.2) is 4.98 Å². The molecule has 1 fully saturated rings. The summed E-state index contributed by atoms with van der Waals surface area (Å²) in [6.07, 6.45) is 2.01. The van der Waals surface area contributed by atoms with Gasteiger partial charge in [0.2, 0.25) is 0 Å². The average molecular weight is 219 g/mol. The number of rotatable bonds is 2. The summed E-state index contributed by atoms with van der Waals surface area (Å²) in [5.74, 6) is 1.67. The van der Waals surface area contributed by atoms with Crippen LogP contribution >= 0.6 is 0 Å². The molecule has 0 aliphatic carbocycles. The van der Waals surface area contributed by atoms with E-state index in [2.05, 4.69) is 48.1 Å². The van der Waals surface area contributed by atoms with E-state index in [9.17, 15) is 0 Å². The molecule has 0 saturated carbocycles. The standard InChI is InChI=1S/C13H21N3/c1-10(2)12-4-5-13(15-8-12)16-7-6-14-11(3)9-16/h4-5,8,10-11,14H,6-7,9H2,1-3H3/t11-/m1/s1. The van der Waals surface area contributed by atoms with Gasteiger partial charge in [-0.05, 0) is 24.5 Å². The Morgan fingerprint density at radius 1 is 1.44 bits per heavy atom. The van der Waals surface area contributed by atoms with Gasteiger partial charge < -0.3 is 10.2 Å². The van der Waals surface area contributed by atoms with Crippen LogP contribution in [0.4, 0.5) is 5.82 Å². The van der Waals surface area contributed by atoms with Crippen molar-refractivity contribution in [1.82, 2.24) is 10.3 Å². The molecule has 1 aliphatic heterocycles. The molecule has 0 radical (unpaired) electrons. The molecule has 1 saturated heterocycles. The van der Waals surface area contributed by atoms with E-state index in [0.717, 1.165) is 25.5 Å². The van der Waals surface area contributed by atoms with Gasteiger partial charge in [0.15, 0.2) is 0 Å². The third-order valence-corrected chi connectivity index (χ3v) is 3.13. The number of hydrogen-bond acceptors (Lipinski definition) is 3. The molecule has 1 N–H and O–H groups in total. The maximum absolute atomic E-state index is 4.56. The highest BCUT2D eigenvalue weighted by molar-refractivity contribution is 5.40. The van der Waals surface area contributed by atoms with Crippen molar-refractivity contribution in [3.63, 3.8) is 0 Å². The van der Waals surface area contributed by atoms with Crippen LogP contribution in [0.15, 0.2) is 18.3 Å². The van der Waals surface area contributed by atoms with E-state index in [-0.39, 0.29) is 0 Å². The lowest BCUT2D eigenvalue weighted by Gasteiger charge is -2.32. The van der Waals surface area contributed by atoms with Gasteiger partial charge >= 0.3 is 0 Å². The Morgan fingerprint density at radius 2 is 2.25 bits per heavy atom. The van der Waals surface area contributed by atoms with Crippen molar-refractivity contribution >= 4 is 5.82 Å². The van der Waals surface area contributed by atoms with Crippen molar-refractivity contribution in [2.45, 2.75) is 32.7 Å². The Balaban J connectivity index is 2.09. The molecule has 3 nitrogen and oxygen atoms in total. The lowest BCUT2D eigenvalue weighted by molar-refractivity contribution is 0.482. The average Bonchev–Trinajstić information content (AvgIpc) is 2.29. The molecule has 0 spiro atoms. The van der Waals surface area contributed by atoms with E-state index in [0.29, 0.717) is 12.0 Å². The summed E-state index contributed by atoms with van der Waals surface area (Å²) in [5, 5.41) is 3.44. The Kier molecular flexibility index (Phi) is 3.44. The van der Waals surface area contributed by atoms with Crippen molar-refractivity contribution in [2.24, 2.45) is 0 Å². The molecule has 0 amide bonds. The Hall–Kier alpha value is -1.09. The number of anilines is 1. The third kappa shape index (κ3) is 2.53. The van der Waals surface area contributed by atoms with Crippen LogP contribution < -0.4 is 10.2 Å². The summed E-state index contributed by atoms with van der Waals surface area (Å²) in [6, 6.07) is 4.90.